The van der Waals surface area contributed by atoms with Gasteiger partial charge >= 0.3 is 12.1 Å². The molecule has 3 aromatic rings. The van der Waals surface area contributed by atoms with Crippen LogP contribution in [0.5, 0.6) is 0 Å². The van der Waals surface area contributed by atoms with Crippen molar-refractivity contribution in [1.29, 1.82) is 0 Å². The van der Waals surface area contributed by atoms with Gasteiger partial charge in [-0.05, 0) is 18.6 Å². The smallest absolute Gasteiger partial charge is 0.358 e. The molecule has 24 heavy (non-hydrogen) atoms. The third kappa shape index (κ3) is 2.84. The summed E-state index contributed by atoms with van der Waals surface area (Å²) in [5.41, 5.74) is 2.02. The molecule has 1 amide bonds. The first-order valence-corrected chi connectivity index (χ1v) is 7.01. The maximum Gasteiger partial charge on any atom is 0.471 e. The number of hydrogen-bond donors (Lipinski definition) is 1. The van der Waals surface area contributed by atoms with E-state index in [1.54, 1.807) is 29.0 Å². The number of halogens is 3. The number of nitrogens with zero attached hydrogens (tertiary/aromatic N) is 3. The monoisotopic (exact) mass is 338 g/mol. The first-order chi connectivity index (χ1) is 11.3. The van der Waals surface area contributed by atoms with Gasteiger partial charge in [0.1, 0.15) is 6.54 Å². The number of alkyl halides is 3. The Labute approximate surface area is 134 Å². The third-order valence-electron chi connectivity index (χ3n) is 3.60. The average molecular weight is 338 g/mol. The molecule has 0 bridgehead atoms. The highest BCUT2D eigenvalue weighted by Gasteiger charge is 2.38. The molecule has 9 heteroatoms. The van der Waals surface area contributed by atoms with Crippen LogP contribution in [0.4, 0.5) is 13.2 Å². The molecule has 3 rings (SSSR count). The highest BCUT2D eigenvalue weighted by molar-refractivity contribution is 5.88. The molecule has 0 aliphatic rings. The van der Waals surface area contributed by atoms with E-state index in [1.807, 2.05) is 6.92 Å². The van der Waals surface area contributed by atoms with Crippen LogP contribution in [0, 0.1) is 6.92 Å². The number of nitrogens with one attached hydrogen (secondary N) is 1. The lowest BCUT2D eigenvalue weighted by Crippen LogP contribution is -2.23. The summed E-state index contributed by atoms with van der Waals surface area (Å²) >= 11 is 0. The SMILES string of the molecule is CNC(=O)Cn1cc(C)c2ccc(-c3noc(C(F)(F)F)n3)cc21. The Morgan fingerprint density at radius 2 is 2.12 bits per heavy atom. The van der Waals surface area contributed by atoms with Crippen molar-refractivity contribution < 1.29 is 22.5 Å². The van der Waals surface area contributed by atoms with E-state index in [-0.39, 0.29) is 18.3 Å². The zero-order chi connectivity index (χ0) is 17.5. The van der Waals surface area contributed by atoms with Crippen LogP contribution in [0.1, 0.15) is 11.5 Å². The van der Waals surface area contributed by atoms with E-state index in [2.05, 4.69) is 20.0 Å². The van der Waals surface area contributed by atoms with Gasteiger partial charge in [0.15, 0.2) is 0 Å². The first-order valence-electron chi connectivity index (χ1n) is 7.01. The molecule has 2 aromatic heterocycles. The highest BCUT2D eigenvalue weighted by atomic mass is 19.4. The van der Waals surface area contributed by atoms with Gasteiger partial charge in [-0.3, -0.25) is 4.79 Å². The Balaban J connectivity index is 2.05. The summed E-state index contributed by atoms with van der Waals surface area (Å²) in [7, 11) is 1.53. The van der Waals surface area contributed by atoms with Crippen molar-refractivity contribution in [3.05, 3.63) is 35.9 Å². The standard InChI is InChI=1S/C15H13F3N4O2/c1-8-6-22(7-12(23)19-2)11-5-9(3-4-10(8)11)13-20-14(24-21-13)15(16,17)18/h3-6H,7H2,1-2H3,(H,19,23). The fraction of sp³-hybridized carbons (Fsp3) is 0.267. The van der Waals surface area contributed by atoms with Crippen molar-refractivity contribution in [3.63, 3.8) is 0 Å². The van der Waals surface area contributed by atoms with Crippen molar-refractivity contribution in [2.75, 3.05) is 7.05 Å². The van der Waals surface area contributed by atoms with Gasteiger partial charge in [-0.25, -0.2) is 0 Å². The number of likely N-dealkylation sites (N-methyl/N-ethyl adjacent to an activating group) is 1. The topological polar surface area (TPSA) is 73.0 Å². The number of rotatable bonds is 3. The Morgan fingerprint density at radius 3 is 2.75 bits per heavy atom. The van der Waals surface area contributed by atoms with Crippen molar-refractivity contribution >= 4 is 16.8 Å². The van der Waals surface area contributed by atoms with Gasteiger partial charge in [-0.15, -0.1) is 0 Å². The van der Waals surface area contributed by atoms with E-state index in [9.17, 15) is 18.0 Å². The van der Waals surface area contributed by atoms with Crippen LogP contribution < -0.4 is 5.32 Å². The minimum Gasteiger partial charge on any atom is -0.358 e. The zero-order valence-corrected chi connectivity index (χ0v) is 12.8. The molecular weight excluding hydrogens is 325 g/mol. The van der Waals surface area contributed by atoms with E-state index in [0.717, 1.165) is 10.9 Å². The maximum absolute atomic E-state index is 12.6. The van der Waals surface area contributed by atoms with Crippen LogP contribution in [0.2, 0.25) is 0 Å². The van der Waals surface area contributed by atoms with Gasteiger partial charge in [0.2, 0.25) is 11.7 Å². The summed E-state index contributed by atoms with van der Waals surface area (Å²) in [4.78, 5) is 15.0. The number of fused-ring (bicyclic) bond motifs is 1. The quantitative estimate of drug-likeness (QED) is 0.797. The molecule has 0 fully saturated rings. The molecule has 0 atom stereocenters. The predicted octanol–water partition coefficient (Wildman–Crippen LogP) is 2.76. The van der Waals surface area contributed by atoms with Crippen LogP contribution in [-0.2, 0) is 17.5 Å². The number of aryl methyl sites for hydroxylation is 1. The Bertz CT molecular complexity index is 911. The summed E-state index contributed by atoms with van der Waals surface area (Å²) in [5.74, 6) is -1.74. The van der Waals surface area contributed by atoms with E-state index in [4.69, 9.17) is 0 Å². The van der Waals surface area contributed by atoms with E-state index < -0.39 is 12.1 Å². The molecule has 1 aromatic carbocycles. The van der Waals surface area contributed by atoms with Crippen molar-refractivity contribution in [1.82, 2.24) is 20.0 Å². The second kappa shape index (κ2) is 5.66. The van der Waals surface area contributed by atoms with Gasteiger partial charge in [-0.1, -0.05) is 17.3 Å². The molecule has 0 saturated heterocycles. The fourth-order valence-electron chi connectivity index (χ4n) is 2.44. The van der Waals surface area contributed by atoms with Crippen molar-refractivity contribution in [3.8, 4) is 11.4 Å². The fourth-order valence-corrected chi connectivity index (χ4v) is 2.44. The Hall–Kier alpha value is -2.84. The molecule has 0 aliphatic heterocycles. The minimum atomic E-state index is -4.69. The van der Waals surface area contributed by atoms with E-state index in [0.29, 0.717) is 11.1 Å². The van der Waals surface area contributed by atoms with Crippen LogP contribution in [0.25, 0.3) is 22.3 Å². The molecular formula is C15H13F3N4O2. The van der Waals surface area contributed by atoms with E-state index in [1.165, 1.54) is 7.05 Å². The van der Waals surface area contributed by atoms with Crippen LogP contribution in [-0.4, -0.2) is 27.7 Å². The molecule has 0 unspecified atom stereocenters. The molecule has 6 nitrogen and oxygen atoms in total. The molecule has 2 heterocycles. The van der Waals surface area contributed by atoms with Crippen LogP contribution in [0.15, 0.2) is 28.9 Å². The summed E-state index contributed by atoms with van der Waals surface area (Å²) in [5, 5.41) is 6.80. The molecule has 126 valence electrons. The lowest BCUT2D eigenvalue weighted by molar-refractivity contribution is -0.159. The zero-order valence-electron chi connectivity index (χ0n) is 12.8. The number of hydrogen-bond acceptors (Lipinski definition) is 4. The second-order valence-electron chi connectivity index (χ2n) is 5.27. The molecule has 0 spiro atoms. The number of carbonyl (C=O) groups excluding carboxylic acids is 1. The third-order valence-corrected chi connectivity index (χ3v) is 3.60. The number of benzene rings is 1. The molecule has 1 N–H and O–H groups in total. The summed E-state index contributed by atoms with van der Waals surface area (Å²) in [6.07, 6.45) is -2.88. The number of amides is 1. The number of aromatic nitrogens is 3. The molecule has 0 aliphatic carbocycles. The first kappa shape index (κ1) is 16.0. The Kier molecular flexibility index (Phi) is 3.78. The largest absolute Gasteiger partial charge is 0.471 e. The van der Waals surface area contributed by atoms with Crippen LogP contribution >= 0.6 is 0 Å². The van der Waals surface area contributed by atoms with Crippen molar-refractivity contribution in [2.45, 2.75) is 19.6 Å². The highest BCUT2D eigenvalue weighted by Crippen LogP contribution is 2.31. The average Bonchev–Trinajstić information content (AvgIpc) is 3.13. The number of carbonyl (C=O) groups is 1. The van der Waals surface area contributed by atoms with Crippen LogP contribution in [0.3, 0.4) is 0 Å². The van der Waals surface area contributed by atoms with Crippen molar-refractivity contribution in [2.24, 2.45) is 0 Å². The van der Waals surface area contributed by atoms with Gasteiger partial charge in [-0.2, -0.15) is 18.2 Å². The maximum atomic E-state index is 12.6. The van der Waals surface area contributed by atoms with Gasteiger partial charge in [0, 0.05) is 29.7 Å². The lowest BCUT2D eigenvalue weighted by Gasteiger charge is -2.05. The molecule has 0 saturated carbocycles. The summed E-state index contributed by atoms with van der Waals surface area (Å²) in [6.45, 7) is 1.99. The normalized spacial score (nSPS) is 11.9. The lowest BCUT2D eigenvalue weighted by atomic mass is 10.1. The van der Waals surface area contributed by atoms with E-state index >= 15 is 0 Å². The minimum absolute atomic E-state index is 0.102. The van der Waals surface area contributed by atoms with Gasteiger partial charge in [0.25, 0.3) is 0 Å². The Morgan fingerprint density at radius 1 is 1.38 bits per heavy atom. The summed E-state index contributed by atoms with van der Waals surface area (Å²) < 4.78 is 43.7. The predicted molar refractivity (Wildman–Crippen MR) is 79.0 cm³/mol. The summed E-state index contributed by atoms with van der Waals surface area (Å²) in [6, 6.07) is 5.00. The second-order valence-corrected chi connectivity index (χ2v) is 5.27. The molecule has 0 radical (unpaired) electrons. The van der Waals surface area contributed by atoms with Gasteiger partial charge in [0.05, 0.1) is 0 Å². The van der Waals surface area contributed by atoms with Gasteiger partial charge < -0.3 is 14.4 Å².